The van der Waals surface area contributed by atoms with Gasteiger partial charge in [-0.3, -0.25) is 14.9 Å². The van der Waals surface area contributed by atoms with Crippen LogP contribution >= 0.6 is 0 Å². The lowest BCUT2D eigenvalue weighted by molar-refractivity contribution is -0.384. The monoisotopic (exact) mass is 397 g/mol. The summed E-state index contributed by atoms with van der Waals surface area (Å²) in [7, 11) is 4.37. The van der Waals surface area contributed by atoms with Crippen molar-refractivity contribution in [3.05, 3.63) is 57.1 Å². The van der Waals surface area contributed by atoms with Crippen LogP contribution in [0.3, 0.4) is 0 Å². The maximum absolute atomic E-state index is 12.6. The molecule has 0 aliphatic heterocycles. The molecule has 0 saturated heterocycles. The molecule has 0 fully saturated rings. The number of nitrogens with one attached hydrogen (secondary N) is 1. The first kappa shape index (κ1) is 21.2. The number of rotatable bonds is 7. The number of ether oxygens (including phenoxy) is 3. The van der Waals surface area contributed by atoms with E-state index in [4.69, 9.17) is 14.2 Å². The Bertz CT molecular complexity index is 998. The first-order valence-corrected chi connectivity index (χ1v) is 8.32. The van der Waals surface area contributed by atoms with Crippen LogP contribution in [0.2, 0.25) is 0 Å². The van der Waals surface area contributed by atoms with Gasteiger partial charge in [-0.05, 0) is 36.3 Å². The van der Waals surface area contributed by atoms with Crippen LogP contribution in [0.4, 0.5) is 11.4 Å². The Morgan fingerprint density at radius 3 is 2.24 bits per heavy atom. The van der Waals surface area contributed by atoms with Gasteiger partial charge < -0.3 is 19.5 Å². The zero-order chi connectivity index (χ0) is 21.6. The van der Waals surface area contributed by atoms with E-state index in [1.807, 2.05) is 6.07 Å². The molecule has 9 heteroatoms. The van der Waals surface area contributed by atoms with Gasteiger partial charge in [-0.15, -0.1) is 0 Å². The van der Waals surface area contributed by atoms with Gasteiger partial charge in [-0.25, -0.2) is 0 Å². The zero-order valence-corrected chi connectivity index (χ0v) is 16.3. The molecule has 0 unspecified atom stereocenters. The van der Waals surface area contributed by atoms with Crippen molar-refractivity contribution in [2.75, 3.05) is 26.6 Å². The molecular weight excluding hydrogens is 378 g/mol. The second kappa shape index (κ2) is 9.23. The van der Waals surface area contributed by atoms with Crippen molar-refractivity contribution in [1.82, 2.24) is 0 Å². The summed E-state index contributed by atoms with van der Waals surface area (Å²) in [6.07, 6.45) is 1.35. The summed E-state index contributed by atoms with van der Waals surface area (Å²) in [5, 5.41) is 22.9. The van der Waals surface area contributed by atoms with Gasteiger partial charge in [0.25, 0.3) is 11.6 Å². The fourth-order valence-corrected chi connectivity index (χ4v) is 2.55. The van der Waals surface area contributed by atoms with Crippen molar-refractivity contribution < 1.29 is 23.9 Å². The number of amides is 1. The molecule has 0 aliphatic carbocycles. The second-order valence-electron chi connectivity index (χ2n) is 5.84. The van der Waals surface area contributed by atoms with Crippen molar-refractivity contribution in [1.29, 1.82) is 5.26 Å². The molecule has 9 nitrogen and oxygen atoms in total. The molecule has 0 spiro atoms. The van der Waals surface area contributed by atoms with Crippen molar-refractivity contribution in [2.24, 2.45) is 0 Å². The predicted molar refractivity (Wildman–Crippen MR) is 106 cm³/mol. The summed E-state index contributed by atoms with van der Waals surface area (Å²) >= 11 is 0. The molecule has 0 bridgehead atoms. The highest BCUT2D eigenvalue weighted by Gasteiger charge is 2.16. The Kier molecular flexibility index (Phi) is 6.76. The number of nitro benzene ring substituents is 1. The molecule has 2 aromatic carbocycles. The minimum Gasteiger partial charge on any atom is -0.493 e. The summed E-state index contributed by atoms with van der Waals surface area (Å²) in [6, 6.07) is 9.10. The topological polar surface area (TPSA) is 124 Å². The molecule has 29 heavy (non-hydrogen) atoms. The van der Waals surface area contributed by atoms with Crippen LogP contribution in [0.1, 0.15) is 11.1 Å². The molecule has 0 saturated carbocycles. The summed E-state index contributed by atoms with van der Waals surface area (Å²) in [5.74, 6) is 0.405. The Hall–Kier alpha value is -4.06. The lowest BCUT2D eigenvalue weighted by Gasteiger charge is -2.13. The molecule has 0 aliphatic rings. The molecular formula is C20H19N3O6. The quantitative estimate of drug-likeness (QED) is 0.328. The van der Waals surface area contributed by atoms with E-state index < -0.39 is 10.8 Å². The maximum atomic E-state index is 12.6. The Morgan fingerprint density at radius 1 is 1.14 bits per heavy atom. The highest BCUT2D eigenvalue weighted by molar-refractivity contribution is 6.10. The van der Waals surface area contributed by atoms with Gasteiger partial charge in [0.15, 0.2) is 11.5 Å². The third-order valence-electron chi connectivity index (χ3n) is 4.04. The van der Waals surface area contributed by atoms with E-state index in [1.54, 1.807) is 19.1 Å². The van der Waals surface area contributed by atoms with Crippen LogP contribution in [0, 0.1) is 28.4 Å². The molecule has 0 aromatic heterocycles. The normalized spacial score (nSPS) is 10.7. The van der Waals surface area contributed by atoms with Crippen molar-refractivity contribution in [2.45, 2.75) is 6.92 Å². The van der Waals surface area contributed by atoms with Crippen molar-refractivity contribution in [3.63, 3.8) is 0 Å². The lowest BCUT2D eigenvalue weighted by Crippen LogP contribution is -2.14. The van der Waals surface area contributed by atoms with Gasteiger partial charge >= 0.3 is 0 Å². The largest absolute Gasteiger partial charge is 0.493 e. The summed E-state index contributed by atoms with van der Waals surface area (Å²) in [4.78, 5) is 22.9. The fraction of sp³-hybridized carbons (Fsp3) is 0.200. The highest BCUT2D eigenvalue weighted by atomic mass is 16.6. The first-order chi connectivity index (χ1) is 13.8. The molecule has 2 aromatic rings. The SMILES string of the molecule is COc1cc(/C=C(\C#N)C(=O)Nc2cc([N+](=O)[O-])ccc2C)cc(OC)c1OC. The van der Waals surface area contributed by atoms with Crippen LogP contribution < -0.4 is 19.5 Å². The number of benzene rings is 2. The minimum absolute atomic E-state index is 0.169. The standard InChI is InChI=1S/C20H19N3O6/c1-12-5-6-15(23(25)26)10-16(12)22-20(24)14(11-21)7-13-8-17(27-2)19(29-4)18(9-13)28-3/h5-10H,1-4H3,(H,22,24)/b14-7+. The van der Waals surface area contributed by atoms with Gasteiger partial charge in [-0.2, -0.15) is 5.26 Å². The van der Waals surface area contributed by atoms with Gasteiger partial charge in [0.05, 0.1) is 31.9 Å². The maximum Gasteiger partial charge on any atom is 0.271 e. The van der Waals surface area contributed by atoms with Gasteiger partial charge in [0, 0.05) is 12.1 Å². The number of non-ortho nitro benzene ring substituents is 1. The zero-order valence-electron chi connectivity index (χ0n) is 16.3. The number of carbonyl (C=O) groups excluding carboxylic acids is 1. The third-order valence-corrected chi connectivity index (χ3v) is 4.04. The van der Waals surface area contributed by atoms with E-state index in [1.165, 1.54) is 45.6 Å². The van der Waals surface area contributed by atoms with E-state index in [0.29, 0.717) is 28.4 Å². The highest BCUT2D eigenvalue weighted by Crippen LogP contribution is 2.38. The number of anilines is 1. The van der Waals surface area contributed by atoms with E-state index >= 15 is 0 Å². The molecule has 150 valence electrons. The minimum atomic E-state index is -0.704. The molecule has 0 radical (unpaired) electrons. The number of hydrogen-bond acceptors (Lipinski definition) is 7. The third kappa shape index (κ3) is 4.81. The fourth-order valence-electron chi connectivity index (χ4n) is 2.55. The summed E-state index contributed by atoms with van der Waals surface area (Å²) < 4.78 is 15.8. The number of aryl methyl sites for hydroxylation is 1. The second-order valence-corrected chi connectivity index (χ2v) is 5.84. The van der Waals surface area contributed by atoms with Crippen LogP contribution in [0.25, 0.3) is 6.08 Å². The summed E-state index contributed by atoms with van der Waals surface area (Å²) in [5.41, 5.74) is 0.967. The molecule has 1 N–H and O–H groups in total. The van der Waals surface area contributed by atoms with E-state index in [0.717, 1.165) is 0 Å². The van der Waals surface area contributed by atoms with Gasteiger partial charge in [0.2, 0.25) is 5.75 Å². The molecule has 2 rings (SSSR count). The number of hydrogen-bond donors (Lipinski definition) is 1. The number of carbonyl (C=O) groups is 1. The first-order valence-electron chi connectivity index (χ1n) is 8.32. The average molecular weight is 397 g/mol. The number of nitriles is 1. The Morgan fingerprint density at radius 2 is 1.76 bits per heavy atom. The molecule has 1 amide bonds. The molecule has 0 heterocycles. The van der Waals surface area contributed by atoms with E-state index in [9.17, 15) is 20.2 Å². The van der Waals surface area contributed by atoms with Crippen LogP contribution in [0.15, 0.2) is 35.9 Å². The summed E-state index contributed by atoms with van der Waals surface area (Å²) in [6.45, 7) is 1.69. The van der Waals surface area contributed by atoms with Crippen molar-refractivity contribution in [3.8, 4) is 23.3 Å². The average Bonchev–Trinajstić information content (AvgIpc) is 2.72. The molecule has 0 atom stereocenters. The van der Waals surface area contributed by atoms with Crippen LogP contribution in [-0.2, 0) is 4.79 Å². The number of methoxy groups -OCH3 is 3. The number of nitrogens with zero attached hydrogens (tertiary/aromatic N) is 2. The Labute approximate surface area is 167 Å². The van der Waals surface area contributed by atoms with E-state index in [-0.39, 0.29) is 16.9 Å². The van der Waals surface area contributed by atoms with Gasteiger partial charge in [-0.1, -0.05) is 6.07 Å². The number of nitro groups is 1. The van der Waals surface area contributed by atoms with Crippen LogP contribution in [-0.4, -0.2) is 32.2 Å². The smallest absolute Gasteiger partial charge is 0.271 e. The Balaban J connectivity index is 2.40. The van der Waals surface area contributed by atoms with Crippen molar-refractivity contribution >= 4 is 23.4 Å². The van der Waals surface area contributed by atoms with E-state index in [2.05, 4.69) is 5.32 Å². The lowest BCUT2D eigenvalue weighted by atomic mass is 10.1. The van der Waals surface area contributed by atoms with Crippen LogP contribution in [0.5, 0.6) is 17.2 Å². The predicted octanol–water partition coefficient (Wildman–Crippen LogP) is 3.47. The van der Waals surface area contributed by atoms with Gasteiger partial charge in [0.1, 0.15) is 11.6 Å².